The van der Waals surface area contributed by atoms with E-state index in [9.17, 15) is 8.78 Å². The third kappa shape index (κ3) is 3.65. The van der Waals surface area contributed by atoms with Gasteiger partial charge in [0.25, 0.3) is 0 Å². The van der Waals surface area contributed by atoms with Crippen molar-refractivity contribution in [2.75, 3.05) is 16.4 Å². The van der Waals surface area contributed by atoms with Crippen LogP contribution < -0.4 is 16.4 Å². The van der Waals surface area contributed by atoms with Gasteiger partial charge < -0.3 is 16.4 Å². The van der Waals surface area contributed by atoms with Gasteiger partial charge in [0.1, 0.15) is 23.6 Å². The maximum atomic E-state index is 13.8. The van der Waals surface area contributed by atoms with Crippen LogP contribution in [0.1, 0.15) is 11.1 Å². The van der Waals surface area contributed by atoms with Crippen molar-refractivity contribution in [3.8, 4) is 0 Å². The summed E-state index contributed by atoms with van der Waals surface area (Å²) in [6.07, 6.45) is 1.31. The largest absolute Gasteiger partial charge is 0.393 e. The van der Waals surface area contributed by atoms with E-state index in [2.05, 4.69) is 20.6 Å². The van der Waals surface area contributed by atoms with Crippen LogP contribution in [-0.4, -0.2) is 9.97 Å². The number of hydrogen-bond donors (Lipinski definition) is 3. The molecule has 2 aromatic carbocycles. The van der Waals surface area contributed by atoms with E-state index in [1.54, 1.807) is 0 Å². The molecule has 0 aliphatic rings. The summed E-state index contributed by atoms with van der Waals surface area (Å²) in [5.41, 5.74) is 9.51. The number of hydrogen-bond acceptors (Lipinski definition) is 5. The number of aromatic nitrogens is 2. The quantitative estimate of drug-likeness (QED) is 0.654. The van der Waals surface area contributed by atoms with Crippen LogP contribution in [0, 0.1) is 25.5 Å². The van der Waals surface area contributed by atoms with Gasteiger partial charge in [-0.2, -0.15) is 0 Å². The zero-order valence-electron chi connectivity index (χ0n) is 13.8. The topological polar surface area (TPSA) is 75.9 Å². The van der Waals surface area contributed by atoms with E-state index in [1.165, 1.54) is 18.0 Å². The lowest BCUT2D eigenvalue weighted by atomic mass is 10.1. The molecule has 1 aromatic heterocycles. The van der Waals surface area contributed by atoms with Gasteiger partial charge in [0, 0.05) is 11.8 Å². The van der Waals surface area contributed by atoms with Gasteiger partial charge in [-0.1, -0.05) is 6.07 Å². The monoisotopic (exact) mass is 341 g/mol. The molecule has 128 valence electrons. The SMILES string of the molecule is Cc1ccc(Nc2ncnc(Nc3ccc(F)cc3F)c2N)cc1C. The Morgan fingerprint density at radius 2 is 1.60 bits per heavy atom. The summed E-state index contributed by atoms with van der Waals surface area (Å²) in [6.45, 7) is 4.03. The number of halogens is 2. The molecule has 7 heteroatoms. The van der Waals surface area contributed by atoms with Crippen LogP contribution >= 0.6 is 0 Å². The van der Waals surface area contributed by atoms with E-state index in [1.807, 2.05) is 32.0 Å². The molecule has 0 spiro atoms. The lowest BCUT2D eigenvalue weighted by molar-refractivity contribution is 0.586. The molecule has 0 amide bonds. The summed E-state index contributed by atoms with van der Waals surface area (Å²) in [5.74, 6) is -0.771. The second kappa shape index (κ2) is 6.72. The third-order valence-electron chi connectivity index (χ3n) is 3.84. The zero-order valence-corrected chi connectivity index (χ0v) is 13.8. The van der Waals surface area contributed by atoms with Crippen molar-refractivity contribution in [3.63, 3.8) is 0 Å². The zero-order chi connectivity index (χ0) is 18.0. The smallest absolute Gasteiger partial charge is 0.159 e. The van der Waals surface area contributed by atoms with Crippen LogP contribution in [0.25, 0.3) is 0 Å². The molecule has 0 aliphatic carbocycles. The first kappa shape index (κ1) is 16.6. The number of aryl methyl sites for hydroxylation is 2. The summed E-state index contributed by atoms with van der Waals surface area (Å²) in [6, 6.07) is 9.09. The Balaban J connectivity index is 1.87. The molecule has 0 unspecified atom stereocenters. The third-order valence-corrected chi connectivity index (χ3v) is 3.84. The molecule has 25 heavy (non-hydrogen) atoms. The van der Waals surface area contributed by atoms with Gasteiger partial charge in [-0.3, -0.25) is 0 Å². The highest BCUT2D eigenvalue weighted by Crippen LogP contribution is 2.29. The molecular formula is C18H17F2N5. The molecule has 1 heterocycles. The highest BCUT2D eigenvalue weighted by atomic mass is 19.1. The number of nitrogen functional groups attached to an aromatic ring is 1. The molecule has 0 atom stereocenters. The first-order valence-corrected chi connectivity index (χ1v) is 7.61. The van der Waals surface area contributed by atoms with Gasteiger partial charge in [-0.25, -0.2) is 18.7 Å². The van der Waals surface area contributed by atoms with E-state index in [-0.39, 0.29) is 17.2 Å². The van der Waals surface area contributed by atoms with E-state index >= 15 is 0 Å². The van der Waals surface area contributed by atoms with Crippen molar-refractivity contribution in [1.82, 2.24) is 9.97 Å². The molecule has 0 bridgehead atoms. The first-order chi connectivity index (χ1) is 11.9. The number of nitrogens with one attached hydrogen (secondary N) is 2. The lowest BCUT2D eigenvalue weighted by Gasteiger charge is -2.13. The summed E-state index contributed by atoms with van der Waals surface area (Å²) in [4.78, 5) is 8.15. The van der Waals surface area contributed by atoms with Crippen LogP contribution in [-0.2, 0) is 0 Å². The van der Waals surface area contributed by atoms with Gasteiger partial charge in [-0.15, -0.1) is 0 Å². The fourth-order valence-corrected chi connectivity index (χ4v) is 2.27. The van der Waals surface area contributed by atoms with Crippen molar-refractivity contribution in [2.24, 2.45) is 0 Å². The van der Waals surface area contributed by atoms with Crippen LogP contribution in [0.3, 0.4) is 0 Å². The van der Waals surface area contributed by atoms with Crippen molar-refractivity contribution in [2.45, 2.75) is 13.8 Å². The van der Waals surface area contributed by atoms with Gasteiger partial charge in [-0.05, 0) is 49.2 Å². The van der Waals surface area contributed by atoms with Crippen molar-refractivity contribution < 1.29 is 8.78 Å². The number of anilines is 5. The van der Waals surface area contributed by atoms with Gasteiger partial charge >= 0.3 is 0 Å². The predicted molar refractivity (Wildman–Crippen MR) is 95.3 cm³/mol. The van der Waals surface area contributed by atoms with E-state index in [0.29, 0.717) is 5.82 Å². The highest BCUT2D eigenvalue weighted by Gasteiger charge is 2.11. The van der Waals surface area contributed by atoms with E-state index < -0.39 is 11.6 Å². The average Bonchev–Trinajstić information content (AvgIpc) is 2.57. The molecule has 3 aromatic rings. The maximum Gasteiger partial charge on any atom is 0.159 e. The molecule has 0 saturated carbocycles. The fourth-order valence-electron chi connectivity index (χ4n) is 2.27. The minimum atomic E-state index is -0.735. The Morgan fingerprint density at radius 1 is 0.880 bits per heavy atom. The predicted octanol–water partition coefficient (Wildman–Crippen LogP) is 4.44. The summed E-state index contributed by atoms with van der Waals surface area (Å²) in [7, 11) is 0. The number of nitrogens with zero attached hydrogens (tertiary/aromatic N) is 2. The van der Waals surface area contributed by atoms with Crippen LogP contribution in [0.4, 0.5) is 37.5 Å². The van der Waals surface area contributed by atoms with Crippen molar-refractivity contribution in [3.05, 3.63) is 65.5 Å². The second-order valence-corrected chi connectivity index (χ2v) is 5.66. The number of rotatable bonds is 4. The fraction of sp³-hybridized carbons (Fsp3) is 0.111. The van der Waals surface area contributed by atoms with Crippen LogP contribution in [0.2, 0.25) is 0 Å². The molecule has 0 fully saturated rings. The second-order valence-electron chi connectivity index (χ2n) is 5.66. The molecule has 0 aliphatic heterocycles. The van der Waals surface area contributed by atoms with Gasteiger partial charge in [0.15, 0.2) is 11.6 Å². The van der Waals surface area contributed by atoms with E-state index in [0.717, 1.165) is 23.4 Å². The highest BCUT2D eigenvalue weighted by molar-refractivity contribution is 5.80. The minimum absolute atomic E-state index is 0.0731. The Bertz CT molecular complexity index is 927. The van der Waals surface area contributed by atoms with Crippen LogP contribution in [0.15, 0.2) is 42.7 Å². The van der Waals surface area contributed by atoms with Crippen molar-refractivity contribution >= 4 is 28.7 Å². The molecule has 5 nitrogen and oxygen atoms in total. The van der Waals surface area contributed by atoms with Gasteiger partial charge in [0.2, 0.25) is 0 Å². The minimum Gasteiger partial charge on any atom is -0.393 e. The van der Waals surface area contributed by atoms with Crippen molar-refractivity contribution in [1.29, 1.82) is 0 Å². The number of nitrogens with two attached hydrogens (primary N) is 1. The van der Waals surface area contributed by atoms with Gasteiger partial charge in [0.05, 0.1) is 5.69 Å². The standard InChI is InChI=1S/C18H17F2N5/c1-10-3-5-13(7-11(10)2)24-17-16(21)18(23-9-22-17)25-15-6-4-12(19)8-14(15)20/h3-9H,21H2,1-2H3,(H2,22,23,24,25). The van der Waals surface area contributed by atoms with Crippen LogP contribution in [0.5, 0.6) is 0 Å². The average molecular weight is 341 g/mol. The Kier molecular flexibility index (Phi) is 4.47. The summed E-state index contributed by atoms with van der Waals surface area (Å²) < 4.78 is 26.8. The van der Waals surface area contributed by atoms with E-state index in [4.69, 9.17) is 5.73 Å². The first-order valence-electron chi connectivity index (χ1n) is 7.61. The summed E-state index contributed by atoms with van der Waals surface area (Å²) >= 11 is 0. The summed E-state index contributed by atoms with van der Waals surface area (Å²) in [5, 5.41) is 5.88. The number of benzene rings is 2. The molecular weight excluding hydrogens is 324 g/mol. The lowest BCUT2D eigenvalue weighted by Crippen LogP contribution is -2.06. The Morgan fingerprint density at radius 3 is 2.28 bits per heavy atom. The molecule has 0 saturated heterocycles. The Hall–Kier alpha value is -3.22. The Labute approximate surface area is 143 Å². The molecule has 0 radical (unpaired) electrons. The maximum absolute atomic E-state index is 13.8. The normalized spacial score (nSPS) is 10.6. The molecule has 4 N–H and O–H groups in total. The molecule has 3 rings (SSSR count).